The predicted molar refractivity (Wildman–Crippen MR) is 92.5 cm³/mol. The Morgan fingerprint density at radius 1 is 1.04 bits per heavy atom. The molecule has 1 unspecified atom stereocenters. The molecule has 2 aromatic carbocycles. The van der Waals surface area contributed by atoms with Gasteiger partial charge in [0, 0.05) is 30.1 Å². The van der Waals surface area contributed by atoms with Gasteiger partial charge in [0.1, 0.15) is 11.6 Å². The number of Topliss-reactive ketones (excluding diaryl/α,β-unsaturated/α-hetero) is 1. The first kappa shape index (κ1) is 19.9. The third-order valence-electron chi connectivity index (χ3n) is 4.52. The molecule has 1 saturated heterocycles. The lowest BCUT2D eigenvalue weighted by Crippen LogP contribution is -2.42. The van der Waals surface area contributed by atoms with Crippen molar-refractivity contribution in [3.8, 4) is 5.75 Å². The maximum absolute atomic E-state index is 13.0. The van der Waals surface area contributed by atoms with Crippen molar-refractivity contribution in [1.82, 2.24) is 4.90 Å². The van der Waals surface area contributed by atoms with Crippen LogP contribution in [0.5, 0.6) is 5.75 Å². The second-order valence-corrected chi connectivity index (χ2v) is 6.54. The summed E-state index contributed by atoms with van der Waals surface area (Å²) in [6.07, 6.45) is -3.68. The molecule has 3 rings (SSSR count). The Hall–Kier alpha value is -2.90. The fourth-order valence-corrected chi connectivity index (χ4v) is 3.23. The third-order valence-corrected chi connectivity index (χ3v) is 4.52. The first-order valence-electron chi connectivity index (χ1n) is 8.68. The van der Waals surface area contributed by atoms with Gasteiger partial charge in [0.15, 0.2) is 5.78 Å². The Morgan fingerprint density at radius 2 is 1.75 bits per heavy atom. The number of benzene rings is 2. The maximum atomic E-state index is 13.0. The van der Waals surface area contributed by atoms with E-state index in [9.17, 15) is 27.2 Å². The van der Waals surface area contributed by atoms with E-state index >= 15 is 0 Å². The van der Waals surface area contributed by atoms with Crippen molar-refractivity contribution in [2.75, 3.05) is 13.1 Å². The van der Waals surface area contributed by atoms with Crippen LogP contribution in [-0.2, 0) is 0 Å². The van der Waals surface area contributed by atoms with E-state index in [4.69, 9.17) is 0 Å². The first-order chi connectivity index (χ1) is 13.2. The highest BCUT2D eigenvalue weighted by molar-refractivity contribution is 5.99. The highest BCUT2D eigenvalue weighted by Crippen LogP contribution is 2.26. The molecule has 28 heavy (non-hydrogen) atoms. The Balaban J connectivity index is 1.71. The van der Waals surface area contributed by atoms with Crippen LogP contribution in [0.15, 0.2) is 48.5 Å². The molecule has 1 fully saturated rings. The molecular formula is C20H17F4NO3. The van der Waals surface area contributed by atoms with Gasteiger partial charge >= 0.3 is 6.36 Å². The second kappa shape index (κ2) is 8.00. The molecule has 0 radical (unpaired) electrons. The Labute approximate surface area is 158 Å². The highest BCUT2D eigenvalue weighted by Gasteiger charge is 2.32. The number of ketones is 1. The molecule has 1 aliphatic rings. The first-order valence-corrected chi connectivity index (χ1v) is 8.68. The van der Waals surface area contributed by atoms with Gasteiger partial charge in [-0.1, -0.05) is 6.07 Å². The molecule has 0 N–H and O–H groups in total. The van der Waals surface area contributed by atoms with Gasteiger partial charge < -0.3 is 9.64 Å². The fraction of sp³-hybridized carbons (Fsp3) is 0.300. The van der Waals surface area contributed by atoms with Crippen LogP contribution < -0.4 is 4.74 Å². The van der Waals surface area contributed by atoms with Crippen LogP contribution >= 0.6 is 0 Å². The number of halogens is 4. The molecule has 8 heteroatoms. The SMILES string of the molecule is O=C(c1ccc(F)cc1)C1CCCN(C(=O)c2cccc(OC(F)(F)F)c2)C1. The van der Waals surface area contributed by atoms with Crippen LogP contribution in [-0.4, -0.2) is 36.0 Å². The Bertz CT molecular complexity index is 864. The van der Waals surface area contributed by atoms with E-state index < -0.39 is 29.8 Å². The molecule has 0 bridgehead atoms. The molecule has 4 nitrogen and oxygen atoms in total. The summed E-state index contributed by atoms with van der Waals surface area (Å²) in [7, 11) is 0. The van der Waals surface area contributed by atoms with Gasteiger partial charge in [-0.05, 0) is 55.3 Å². The van der Waals surface area contributed by atoms with E-state index in [1.54, 1.807) is 0 Å². The number of nitrogens with zero attached hydrogens (tertiary/aromatic N) is 1. The quantitative estimate of drug-likeness (QED) is 0.567. The summed E-state index contributed by atoms with van der Waals surface area (Å²) in [5, 5.41) is 0. The molecule has 1 aliphatic heterocycles. The summed E-state index contributed by atoms with van der Waals surface area (Å²) in [6, 6.07) is 10.0. The number of ether oxygens (including phenoxy) is 1. The number of alkyl halides is 3. The average molecular weight is 395 g/mol. The zero-order valence-corrected chi connectivity index (χ0v) is 14.7. The van der Waals surface area contributed by atoms with Gasteiger partial charge in [0.05, 0.1) is 0 Å². The summed E-state index contributed by atoms with van der Waals surface area (Å²) >= 11 is 0. The van der Waals surface area contributed by atoms with Gasteiger partial charge in [0.25, 0.3) is 5.91 Å². The average Bonchev–Trinajstić information content (AvgIpc) is 2.66. The molecule has 0 saturated carbocycles. The number of carbonyl (C=O) groups excluding carboxylic acids is 2. The van der Waals surface area contributed by atoms with E-state index in [0.29, 0.717) is 24.9 Å². The number of piperidine rings is 1. The van der Waals surface area contributed by atoms with Crippen molar-refractivity contribution in [2.45, 2.75) is 19.2 Å². The summed E-state index contributed by atoms with van der Waals surface area (Å²) < 4.78 is 54.0. The summed E-state index contributed by atoms with van der Waals surface area (Å²) in [5.74, 6) is -2.03. The third kappa shape index (κ3) is 4.88. The summed E-state index contributed by atoms with van der Waals surface area (Å²) in [4.78, 5) is 26.8. The van der Waals surface area contributed by atoms with Crippen LogP contribution in [0, 0.1) is 11.7 Å². The molecule has 148 valence electrons. The number of hydrogen-bond acceptors (Lipinski definition) is 3. The summed E-state index contributed by atoms with van der Waals surface area (Å²) in [6.45, 7) is 0.551. The van der Waals surface area contributed by atoms with Crippen LogP contribution in [0.1, 0.15) is 33.6 Å². The monoisotopic (exact) mass is 395 g/mol. The fourth-order valence-electron chi connectivity index (χ4n) is 3.23. The number of carbonyl (C=O) groups is 2. The van der Waals surface area contributed by atoms with Crippen molar-refractivity contribution in [3.05, 3.63) is 65.5 Å². The minimum Gasteiger partial charge on any atom is -0.406 e. The van der Waals surface area contributed by atoms with E-state index in [1.807, 2.05) is 0 Å². The van der Waals surface area contributed by atoms with Gasteiger partial charge in [-0.25, -0.2) is 4.39 Å². The van der Waals surface area contributed by atoms with Crippen LogP contribution in [0.2, 0.25) is 0 Å². The maximum Gasteiger partial charge on any atom is 0.573 e. The van der Waals surface area contributed by atoms with E-state index in [1.165, 1.54) is 41.3 Å². The minimum atomic E-state index is -4.85. The van der Waals surface area contributed by atoms with Gasteiger partial charge in [-0.2, -0.15) is 0 Å². The predicted octanol–water partition coefficient (Wildman–Crippen LogP) is 4.46. The molecule has 1 atom stereocenters. The zero-order valence-electron chi connectivity index (χ0n) is 14.7. The lowest BCUT2D eigenvalue weighted by molar-refractivity contribution is -0.274. The molecule has 2 aromatic rings. The van der Waals surface area contributed by atoms with Crippen LogP contribution in [0.25, 0.3) is 0 Å². The van der Waals surface area contributed by atoms with Gasteiger partial charge in [-0.15, -0.1) is 13.2 Å². The lowest BCUT2D eigenvalue weighted by Gasteiger charge is -2.32. The van der Waals surface area contributed by atoms with E-state index in [2.05, 4.69) is 4.74 Å². The van der Waals surface area contributed by atoms with Crippen molar-refractivity contribution in [3.63, 3.8) is 0 Å². The Kier molecular flexibility index (Phi) is 5.67. The van der Waals surface area contributed by atoms with E-state index in [0.717, 1.165) is 12.1 Å². The van der Waals surface area contributed by atoms with E-state index in [-0.39, 0.29) is 17.9 Å². The number of likely N-dealkylation sites (tertiary alicyclic amines) is 1. The van der Waals surface area contributed by atoms with Crippen molar-refractivity contribution in [2.24, 2.45) is 5.92 Å². The largest absolute Gasteiger partial charge is 0.573 e. The van der Waals surface area contributed by atoms with Gasteiger partial charge in [0.2, 0.25) is 0 Å². The normalized spacial score (nSPS) is 17.3. The van der Waals surface area contributed by atoms with Gasteiger partial charge in [-0.3, -0.25) is 9.59 Å². The molecule has 0 spiro atoms. The molecule has 1 amide bonds. The number of hydrogen-bond donors (Lipinski definition) is 0. The molecule has 1 heterocycles. The smallest absolute Gasteiger partial charge is 0.406 e. The number of rotatable bonds is 4. The lowest BCUT2D eigenvalue weighted by atomic mass is 9.89. The van der Waals surface area contributed by atoms with Crippen molar-refractivity contribution in [1.29, 1.82) is 0 Å². The zero-order chi connectivity index (χ0) is 20.3. The molecule has 0 aromatic heterocycles. The standard InChI is InChI=1S/C20H17F4NO3/c21-16-8-6-13(7-9-16)18(26)15-4-2-10-25(12-15)19(27)14-3-1-5-17(11-14)28-20(22,23)24/h1,3,5-9,11,15H,2,4,10,12H2. The second-order valence-electron chi connectivity index (χ2n) is 6.54. The van der Waals surface area contributed by atoms with Crippen molar-refractivity contribution >= 4 is 11.7 Å². The molecule has 0 aliphatic carbocycles. The summed E-state index contributed by atoms with van der Waals surface area (Å²) in [5.41, 5.74) is 0.415. The van der Waals surface area contributed by atoms with Crippen LogP contribution in [0.4, 0.5) is 17.6 Å². The minimum absolute atomic E-state index is 0.0524. The Morgan fingerprint density at radius 3 is 2.43 bits per heavy atom. The van der Waals surface area contributed by atoms with Crippen molar-refractivity contribution < 1.29 is 31.9 Å². The van der Waals surface area contributed by atoms with Crippen LogP contribution in [0.3, 0.4) is 0 Å². The molecular weight excluding hydrogens is 378 g/mol. The topological polar surface area (TPSA) is 46.6 Å². The highest BCUT2D eigenvalue weighted by atomic mass is 19.4. The number of amides is 1.